The number of pyridine rings is 1. The summed E-state index contributed by atoms with van der Waals surface area (Å²) < 4.78 is 71.2. The van der Waals surface area contributed by atoms with Crippen LogP contribution in [0.2, 0.25) is 0 Å². The quantitative estimate of drug-likeness (QED) is 0.141. The van der Waals surface area contributed by atoms with Crippen LogP contribution in [0.1, 0.15) is 47.3 Å². The standard InChI is InChI=1S/C40H44F2N6O4.CH4O3S/c1-50-35-22-27(23-36(51-2)37(35)52-3)38(49)47-21-16-40(26-47,28-11-12-31(41)32(42)24-28)15-20-46-18-13-30(14-19-46)48(25-29-8-6-7-17-43-29)39-44-33-9-4-5-10-34(33)45-39;1-5(2,3)4/h4-12,17,22-24,30H,13-16,18-21,25-26H2,1-3H3,(H,44,45);1H3,(H,2,3,4). The Morgan fingerprint density at radius 1 is 0.947 bits per heavy atom. The summed E-state index contributed by atoms with van der Waals surface area (Å²) in [5.74, 6) is 0.0562. The van der Waals surface area contributed by atoms with Gasteiger partial charge in [-0.2, -0.15) is 8.42 Å². The normalized spacial score (nSPS) is 17.6. The van der Waals surface area contributed by atoms with Gasteiger partial charge in [0.05, 0.1) is 50.9 Å². The zero-order valence-corrected chi connectivity index (χ0v) is 33.3. The highest BCUT2D eigenvalue weighted by atomic mass is 32.2. The second kappa shape index (κ2) is 17.9. The number of amides is 1. The first kappa shape index (κ1) is 41.3. The molecule has 2 fully saturated rings. The highest BCUT2D eigenvalue weighted by molar-refractivity contribution is 7.85. The first-order valence-corrected chi connectivity index (χ1v) is 20.5. The first-order valence-electron chi connectivity index (χ1n) is 18.6. The number of fused-ring (bicyclic) bond motifs is 1. The number of benzene rings is 3. The summed E-state index contributed by atoms with van der Waals surface area (Å²) in [5.41, 5.74) is 3.45. The number of carbonyl (C=O) groups is 1. The summed E-state index contributed by atoms with van der Waals surface area (Å²) in [6.45, 7) is 3.96. The maximum absolute atomic E-state index is 14.7. The second-order valence-corrected chi connectivity index (χ2v) is 15.8. The minimum atomic E-state index is -3.67. The zero-order valence-electron chi connectivity index (χ0n) is 32.5. The topological polar surface area (TPSA) is 150 Å². The number of carbonyl (C=O) groups excluding carboxylic acids is 1. The van der Waals surface area contributed by atoms with Gasteiger partial charge in [0.15, 0.2) is 23.1 Å². The van der Waals surface area contributed by atoms with Crippen LogP contribution in [-0.2, 0) is 22.1 Å². The van der Waals surface area contributed by atoms with E-state index in [0.717, 1.165) is 55.2 Å². The lowest BCUT2D eigenvalue weighted by Crippen LogP contribution is -2.46. The lowest BCUT2D eigenvalue weighted by molar-refractivity contribution is 0.0779. The zero-order chi connectivity index (χ0) is 40.7. The van der Waals surface area contributed by atoms with Crippen molar-refractivity contribution in [3.63, 3.8) is 0 Å². The molecule has 2 N–H and O–H groups in total. The number of ether oxygens (including phenoxy) is 3. The molecule has 0 spiro atoms. The number of hydrogen-bond acceptors (Lipinski definition) is 10. The molecule has 2 aliphatic heterocycles. The van der Waals surface area contributed by atoms with Crippen molar-refractivity contribution < 1.29 is 40.8 Å². The van der Waals surface area contributed by atoms with Crippen molar-refractivity contribution in [2.24, 2.45) is 0 Å². The number of likely N-dealkylation sites (tertiary alicyclic amines) is 2. The Kier molecular flexibility index (Phi) is 12.9. The molecule has 1 atom stereocenters. The van der Waals surface area contributed by atoms with E-state index >= 15 is 0 Å². The SMILES string of the molecule is COc1cc(C(=O)N2CCC(CCN3CCC(N(Cc4ccccn4)c4nc5ccccc5[nH]4)CC3)(c3ccc(F)c(F)c3)C2)cc(OC)c1OC.CS(=O)(=O)O. The number of H-pyrrole nitrogens is 1. The smallest absolute Gasteiger partial charge is 0.261 e. The highest BCUT2D eigenvalue weighted by Gasteiger charge is 2.42. The number of piperidine rings is 1. The summed E-state index contributed by atoms with van der Waals surface area (Å²) in [5, 5.41) is 0. The molecule has 0 aliphatic carbocycles. The monoisotopic (exact) mass is 806 g/mol. The van der Waals surface area contributed by atoms with Crippen LogP contribution >= 0.6 is 0 Å². The van der Waals surface area contributed by atoms with Gasteiger partial charge < -0.3 is 33.9 Å². The molecule has 3 aromatic carbocycles. The number of hydrogen-bond donors (Lipinski definition) is 2. The fourth-order valence-electron chi connectivity index (χ4n) is 7.79. The average Bonchev–Trinajstić information content (AvgIpc) is 3.85. The van der Waals surface area contributed by atoms with E-state index in [1.54, 1.807) is 23.1 Å². The van der Waals surface area contributed by atoms with Crippen LogP contribution in [0.25, 0.3) is 11.0 Å². The maximum atomic E-state index is 14.7. The third kappa shape index (κ3) is 9.98. The van der Waals surface area contributed by atoms with Crippen LogP contribution in [0.15, 0.2) is 79.0 Å². The van der Waals surface area contributed by atoms with Gasteiger partial charge in [-0.3, -0.25) is 14.3 Å². The second-order valence-electron chi connectivity index (χ2n) is 14.4. The van der Waals surface area contributed by atoms with Crippen LogP contribution in [0.4, 0.5) is 14.7 Å². The van der Waals surface area contributed by atoms with Crippen molar-refractivity contribution >= 4 is 33.0 Å². The molecule has 0 radical (unpaired) electrons. The Morgan fingerprint density at radius 2 is 1.63 bits per heavy atom. The summed E-state index contributed by atoms with van der Waals surface area (Å²) in [6, 6.07) is 21.7. The minimum absolute atomic E-state index is 0.192. The molecule has 57 heavy (non-hydrogen) atoms. The number of nitrogens with one attached hydrogen (secondary N) is 1. The molecule has 304 valence electrons. The van der Waals surface area contributed by atoms with Gasteiger partial charge in [-0.05, 0) is 86.3 Å². The number of aromatic amines is 1. The summed E-state index contributed by atoms with van der Waals surface area (Å²) in [4.78, 5) is 33.6. The highest BCUT2D eigenvalue weighted by Crippen LogP contribution is 2.42. The summed E-state index contributed by atoms with van der Waals surface area (Å²) >= 11 is 0. The number of methoxy groups -OCH3 is 3. The first-order chi connectivity index (χ1) is 27.3. The van der Waals surface area contributed by atoms with Gasteiger partial charge in [-0.25, -0.2) is 13.8 Å². The van der Waals surface area contributed by atoms with Crippen LogP contribution < -0.4 is 19.1 Å². The van der Waals surface area contributed by atoms with E-state index in [1.807, 2.05) is 48.7 Å². The van der Waals surface area contributed by atoms with Crippen molar-refractivity contribution in [1.29, 1.82) is 0 Å². The molecule has 1 unspecified atom stereocenters. The maximum Gasteiger partial charge on any atom is 0.261 e. The molecule has 5 aromatic rings. The Bertz CT molecular complexity index is 2200. The average molecular weight is 807 g/mol. The number of aromatic nitrogens is 3. The molecule has 16 heteroatoms. The molecule has 7 rings (SSSR count). The van der Waals surface area contributed by atoms with E-state index in [4.69, 9.17) is 23.7 Å². The van der Waals surface area contributed by atoms with Gasteiger partial charge in [-0.15, -0.1) is 0 Å². The van der Waals surface area contributed by atoms with Crippen LogP contribution in [0.3, 0.4) is 0 Å². The van der Waals surface area contributed by atoms with Crippen LogP contribution in [0.5, 0.6) is 17.2 Å². The van der Waals surface area contributed by atoms with E-state index in [0.29, 0.717) is 67.1 Å². The number of halogens is 2. The molecule has 0 saturated carbocycles. The lowest BCUT2D eigenvalue weighted by atomic mass is 9.76. The molecule has 1 amide bonds. The van der Waals surface area contributed by atoms with Crippen LogP contribution in [-0.4, -0.2) is 110 Å². The number of anilines is 1. The number of para-hydroxylation sites is 2. The Hall–Kier alpha value is -5.32. The molecule has 4 heterocycles. The Labute approximate surface area is 331 Å². The summed E-state index contributed by atoms with van der Waals surface area (Å²) in [7, 11) is 0.865. The van der Waals surface area contributed by atoms with Gasteiger partial charge in [0.25, 0.3) is 16.0 Å². The van der Waals surface area contributed by atoms with Crippen molar-refractivity contribution in [1.82, 2.24) is 24.8 Å². The Morgan fingerprint density at radius 3 is 2.25 bits per heavy atom. The van der Waals surface area contributed by atoms with E-state index in [2.05, 4.69) is 19.8 Å². The molecular formula is C41H48F2N6O7S. The largest absolute Gasteiger partial charge is 0.493 e. The van der Waals surface area contributed by atoms with Crippen molar-refractivity contribution in [2.45, 2.75) is 43.7 Å². The fourth-order valence-corrected chi connectivity index (χ4v) is 7.79. The number of rotatable bonds is 12. The molecule has 2 saturated heterocycles. The number of nitrogens with zero attached hydrogens (tertiary/aromatic N) is 5. The van der Waals surface area contributed by atoms with E-state index in [1.165, 1.54) is 33.5 Å². The lowest BCUT2D eigenvalue weighted by Gasteiger charge is -2.40. The summed E-state index contributed by atoms with van der Waals surface area (Å²) in [6.07, 6.45) is 5.69. The van der Waals surface area contributed by atoms with Gasteiger partial charge in [0.2, 0.25) is 11.7 Å². The fraction of sp³-hybridized carbons (Fsp3) is 0.390. The molecule has 2 aromatic heterocycles. The van der Waals surface area contributed by atoms with Crippen molar-refractivity contribution in [3.05, 3.63) is 107 Å². The van der Waals surface area contributed by atoms with Crippen molar-refractivity contribution in [3.8, 4) is 17.2 Å². The number of imidazole rings is 1. The Balaban J connectivity index is 0.00000103. The van der Waals surface area contributed by atoms with Crippen LogP contribution in [0, 0.1) is 11.6 Å². The van der Waals surface area contributed by atoms with Gasteiger partial charge >= 0.3 is 0 Å². The third-order valence-corrected chi connectivity index (χ3v) is 10.7. The minimum Gasteiger partial charge on any atom is -0.493 e. The third-order valence-electron chi connectivity index (χ3n) is 10.7. The molecule has 2 aliphatic rings. The molecule has 13 nitrogen and oxygen atoms in total. The van der Waals surface area contributed by atoms with E-state index in [-0.39, 0.29) is 11.9 Å². The van der Waals surface area contributed by atoms with Gasteiger partial charge in [-0.1, -0.05) is 24.3 Å². The van der Waals surface area contributed by atoms with Crippen molar-refractivity contribution in [2.75, 3.05) is 65.2 Å². The van der Waals surface area contributed by atoms with E-state index in [9.17, 15) is 22.0 Å². The predicted octanol–water partition coefficient (Wildman–Crippen LogP) is 6.11. The van der Waals surface area contributed by atoms with E-state index < -0.39 is 27.2 Å². The molecule has 0 bridgehead atoms. The molecular weight excluding hydrogens is 759 g/mol. The van der Waals surface area contributed by atoms with Gasteiger partial charge in [0, 0.05) is 49.4 Å². The predicted molar refractivity (Wildman–Crippen MR) is 213 cm³/mol. The van der Waals surface area contributed by atoms with Gasteiger partial charge in [0.1, 0.15) is 0 Å².